The Balaban J connectivity index is 1.30. The van der Waals surface area contributed by atoms with Crippen LogP contribution in [0.5, 0.6) is 0 Å². The SMILES string of the molecule is c1ccc(-n2c3ccccc3c3c4c5ccccc5n(-c5ccc(-c6ccc7ccccc7c6)cc5)c4ccc32)cc1. The van der Waals surface area contributed by atoms with Crippen LogP contribution in [0, 0.1) is 0 Å². The quantitative estimate of drug-likeness (QED) is 0.213. The van der Waals surface area contributed by atoms with Gasteiger partial charge in [-0.3, -0.25) is 0 Å². The first kappa shape index (κ1) is 23.1. The number of hydrogen-bond donors (Lipinski definition) is 0. The summed E-state index contributed by atoms with van der Waals surface area (Å²) in [5, 5.41) is 7.68. The third kappa shape index (κ3) is 3.33. The van der Waals surface area contributed by atoms with Crippen LogP contribution >= 0.6 is 0 Å². The molecule has 0 unspecified atom stereocenters. The van der Waals surface area contributed by atoms with Crippen LogP contribution in [-0.4, -0.2) is 9.13 Å². The molecule has 0 bridgehead atoms. The first-order chi connectivity index (χ1) is 20.8. The van der Waals surface area contributed by atoms with E-state index in [4.69, 9.17) is 0 Å². The number of para-hydroxylation sites is 3. The Labute approximate surface area is 243 Å². The molecule has 2 nitrogen and oxygen atoms in total. The largest absolute Gasteiger partial charge is 0.309 e. The predicted molar refractivity (Wildman–Crippen MR) is 178 cm³/mol. The van der Waals surface area contributed by atoms with Crippen LogP contribution in [0.15, 0.2) is 158 Å². The van der Waals surface area contributed by atoms with Crippen molar-refractivity contribution in [3.63, 3.8) is 0 Å². The maximum atomic E-state index is 2.42. The van der Waals surface area contributed by atoms with E-state index in [-0.39, 0.29) is 0 Å². The molecule has 2 heterocycles. The van der Waals surface area contributed by atoms with Crippen molar-refractivity contribution in [1.82, 2.24) is 9.13 Å². The fourth-order valence-electron chi connectivity index (χ4n) is 6.82. The van der Waals surface area contributed by atoms with Gasteiger partial charge in [0.15, 0.2) is 0 Å². The molecule has 7 aromatic carbocycles. The van der Waals surface area contributed by atoms with E-state index >= 15 is 0 Å². The standard InChI is InChI=1S/C40H26N2/c1-2-12-31(13-3-1)41-35-16-8-6-14-33(35)39-37(41)24-25-38-40(39)34-15-7-9-17-36(34)42(38)32-22-20-28(21-23-32)30-19-18-27-10-4-5-11-29(27)26-30/h1-26H. The van der Waals surface area contributed by atoms with Crippen LogP contribution in [0.2, 0.25) is 0 Å². The molecule has 9 aromatic rings. The van der Waals surface area contributed by atoms with Crippen LogP contribution < -0.4 is 0 Å². The Morgan fingerprint density at radius 2 is 0.810 bits per heavy atom. The molecule has 9 rings (SSSR count). The zero-order valence-electron chi connectivity index (χ0n) is 22.9. The maximum absolute atomic E-state index is 2.42. The minimum absolute atomic E-state index is 1.16. The summed E-state index contributed by atoms with van der Waals surface area (Å²) in [5.41, 5.74) is 9.68. The van der Waals surface area contributed by atoms with Crippen LogP contribution in [-0.2, 0) is 0 Å². The number of fused-ring (bicyclic) bond motifs is 8. The lowest BCUT2D eigenvalue weighted by atomic mass is 10.0. The molecule has 0 aliphatic heterocycles. The molecule has 0 saturated carbocycles. The Hall–Kier alpha value is -5.60. The fraction of sp³-hybridized carbons (Fsp3) is 0. The Morgan fingerprint density at radius 3 is 1.45 bits per heavy atom. The van der Waals surface area contributed by atoms with Crippen molar-refractivity contribution < 1.29 is 0 Å². The van der Waals surface area contributed by atoms with Gasteiger partial charge in [-0.2, -0.15) is 0 Å². The Morgan fingerprint density at radius 1 is 0.310 bits per heavy atom. The second-order valence-corrected chi connectivity index (χ2v) is 11.0. The van der Waals surface area contributed by atoms with Gasteiger partial charge >= 0.3 is 0 Å². The van der Waals surface area contributed by atoms with E-state index in [1.165, 1.54) is 71.2 Å². The summed E-state index contributed by atoms with van der Waals surface area (Å²) < 4.78 is 4.82. The van der Waals surface area contributed by atoms with Crippen molar-refractivity contribution in [3.05, 3.63) is 158 Å². The molecule has 0 aliphatic rings. The highest BCUT2D eigenvalue weighted by Gasteiger charge is 2.20. The van der Waals surface area contributed by atoms with E-state index in [0.29, 0.717) is 0 Å². The van der Waals surface area contributed by atoms with E-state index in [0.717, 1.165) is 5.69 Å². The lowest BCUT2D eigenvalue weighted by Gasteiger charge is -2.10. The van der Waals surface area contributed by atoms with Crippen molar-refractivity contribution in [2.24, 2.45) is 0 Å². The first-order valence-electron chi connectivity index (χ1n) is 14.5. The summed E-state index contributed by atoms with van der Waals surface area (Å²) in [6.45, 7) is 0. The molecule has 0 aliphatic carbocycles. The number of aromatic nitrogens is 2. The summed E-state index contributed by atoms with van der Waals surface area (Å²) in [7, 11) is 0. The molecule has 0 amide bonds. The smallest absolute Gasteiger partial charge is 0.0548 e. The van der Waals surface area contributed by atoms with Crippen molar-refractivity contribution in [2.75, 3.05) is 0 Å². The molecule has 0 spiro atoms. The van der Waals surface area contributed by atoms with Gasteiger partial charge in [-0.05, 0) is 76.5 Å². The first-order valence-corrected chi connectivity index (χ1v) is 14.5. The topological polar surface area (TPSA) is 9.86 Å². The number of benzene rings is 7. The van der Waals surface area contributed by atoms with Gasteiger partial charge < -0.3 is 9.13 Å². The van der Waals surface area contributed by atoms with E-state index in [1.807, 2.05) is 0 Å². The molecule has 0 N–H and O–H groups in total. The normalized spacial score (nSPS) is 11.8. The molecular weight excluding hydrogens is 508 g/mol. The highest BCUT2D eigenvalue weighted by atomic mass is 15.0. The molecule has 196 valence electrons. The molecule has 0 radical (unpaired) electrons. The summed E-state index contributed by atoms with van der Waals surface area (Å²) in [5.74, 6) is 0. The number of rotatable bonds is 3. The number of hydrogen-bond acceptors (Lipinski definition) is 0. The van der Waals surface area contributed by atoms with Crippen LogP contribution in [0.1, 0.15) is 0 Å². The second-order valence-electron chi connectivity index (χ2n) is 11.0. The highest BCUT2D eigenvalue weighted by molar-refractivity contribution is 6.28. The van der Waals surface area contributed by atoms with Gasteiger partial charge in [0.1, 0.15) is 0 Å². The molecule has 0 saturated heterocycles. The van der Waals surface area contributed by atoms with E-state index in [1.54, 1.807) is 0 Å². The van der Waals surface area contributed by atoms with Crippen LogP contribution in [0.4, 0.5) is 0 Å². The zero-order valence-corrected chi connectivity index (χ0v) is 22.9. The van der Waals surface area contributed by atoms with Gasteiger partial charge in [-0.25, -0.2) is 0 Å². The van der Waals surface area contributed by atoms with Gasteiger partial charge in [0.25, 0.3) is 0 Å². The average Bonchev–Trinajstić information content (AvgIpc) is 3.58. The molecule has 2 heteroatoms. The van der Waals surface area contributed by atoms with E-state index in [9.17, 15) is 0 Å². The van der Waals surface area contributed by atoms with Gasteiger partial charge in [0, 0.05) is 32.9 Å². The Kier molecular flexibility index (Phi) is 4.93. The van der Waals surface area contributed by atoms with Crippen molar-refractivity contribution in [3.8, 4) is 22.5 Å². The Bertz CT molecular complexity index is 2440. The molecule has 0 atom stereocenters. The second kappa shape index (κ2) is 8.95. The van der Waals surface area contributed by atoms with Crippen LogP contribution in [0.3, 0.4) is 0 Å². The lowest BCUT2D eigenvalue weighted by molar-refractivity contribution is 1.17. The van der Waals surface area contributed by atoms with Gasteiger partial charge in [-0.1, -0.05) is 103 Å². The summed E-state index contributed by atoms with van der Waals surface area (Å²) >= 11 is 0. The molecule has 42 heavy (non-hydrogen) atoms. The van der Waals surface area contributed by atoms with Gasteiger partial charge in [0.2, 0.25) is 0 Å². The van der Waals surface area contributed by atoms with Crippen LogP contribution in [0.25, 0.3) is 76.9 Å². The summed E-state index contributed by atoms with van der Waals surface area (Å²) in [6.07, 6.45) is 0. The molecule has 0 fully saturated rings. The average molecular weight is 535 g/mol. The van der Waals surface area contributed by atoms with E-state index in [2.05, 4.69) is 167 Å². The summed E-state index contributed by atoms with van der Waals surface area (Å²) in [4.78, 5) is 0. The third-order valence-corrected chi connectivity index (χ3v) is 8.69. The highest BCUT2D eigenvalue weighted by Crippen LogP contribution is 2.42. The lowest BCUT2D eigenvalue weighted by Crippen LogP contribution is -1.94. The number of nitrogens with zero attached hydrogens (tertiary/aromatic N) is 2. The van der Waals surface area contributed by atoms with Gasteiger partial charge in [0.05, 0.1) is 22.1 Å². The van der Waals surface area contributed by atoms with Crippen molar-refractivity contribution in [2.45, 2.75) is 0 Å². The summed E-state index contributed by atoms with van der Waals surface area (Å²) in [6, 6.07) is 57.2. The van der Waals surface area contributed by atoms with Gasteiger partial charge in [-0.15, -0.1) is 0 Å². The fourth-order valence-corrected chi connectivity index (χ4v) is 6.82. The monoisotopic (exact) mass is 534 g/mol. The maximum Gasteiger partial charge on any atom is 0.0548 e. The molecule has 2 aromatic heterocycles. The predicted octanol–water partition coefficient (Wildman–Crippen LogP) is 10.7. The van der Waals surface area contributed by atoms with E-state index < -0.39 is 0 Å². The molecular formula is C40H26N2. The minimum atomic E-state index is 1.16. The van der Waals surface area contributed by atoms with Crippen molar-refractivity contribution in [1.29, 1.82) is 0 Å². The third-order valence-electron chi connectivity index (χ3n) is 8.69. The zero-order chi connectivity index (χ0) is 27.6. The van der Waals surface area contributed by atoms with Crippen molar-refractivity contribution >= 4 is 54.4 Å². The minimum Gasteiger partial charge on any atom is -0.309 e.